The van der Waals surface area contributed by atoms with Crippen LogP contribution in [-0.4, -0.2) is 56.4 Å². The Kier molecular flexibility index (Phi) is 7.54. The summed E-state index contributed by atoms with van der Waals surface area (Å²) in [4.78, 5) is 16.9. The summed E-state index contributed by atoms with van der Waals surface area (Å²) >= 11 is 1.25. The molecule has 164 valence electrons. The smallest absolute Gasteiger partial charge is 0.257 e. The van der Waals surface area contributed by atoms with Gasteiger partial charge in [0.15, 0.2) is 15.0 Å². The highest BCUT2D eigenvalue weighted by Gasteiger charge is 2.34. The second kappa shape index (κ2) is 9.93. The number of anilines is 1. The number of amides is 1. The third-order valence-electron chi connectivity index (χ3n) is 5.15. The highest BCUT2D eigenvalue weighted by Crippen LogP contribution is 2.34. The number of carbonyl (C=O) groups excluding carboxylic acids is 1. The molecule has 0 aromatic carbocycles. The number of allylic oxidation sites excluding steroid dienone is 3. The number of alkyl halides is 2. The van der Waals surface area contributed by atoms with E-state index in [-0.39, 0.29) is 37.2 Å². The second-order valence-corrected chi connectivity index (χ2v) is 10.5. The van der Waals surface area contributed by atoms with E-state index >= 15 is 0 Å². The van der Waals surface area contributed by atoms with Gasteiger partial charge in [0.1, 0.15) is 12.3 Å². The molecule has 4 atom stereocenters. The summed E-state index contributed by atoms with van der Waals surface area (Å²) in [7, 11) is -1.94. The van der Waals surface area contributed by atoms with Crippen LogP contribution < -0.4 is 5.32 Å². The van der Waals surface area contributed by atoms with Gasteiger partial charge < -0.3 is 4.74 Å². The molecule has 0 aliphatic heterocycles. The third-order valence-corrected chi connectivity index (χ3v) is 7.85. The fourth-order valence-corrected chi connectivity index (χ4v) is 5.45. The number of aromatic nitrogens is 1. The van der Waals surface area contributed by atoms with Crippen LogP contribution in [0.2, 0.25) is 0 Å². The largest absolute Gasteiger partial charge is 0.384 e. The van der Waals surface area contributed by atoms with Gasteiger partial charge in [-0.25, -0.2) is 22.2 Å². The quantitative estimate of drug-likeness (QED) is 0.604. The summed E-state index contributed by atoms with van der Waals surface area (Å²) < 4.78 is 56.9. The lowest BCUT2D eigenvalue weighted by Crippen LogP contribution is -2.26. The van der Waals surface area contributed by atoms with Crippen molar-refractivity contribution in [2.24, 2.45) is 5.92 Å². The van der Waals surface area contributed by atoms with Gasteiger partial charge >= 0.3 is 0 Å². The first-order valence-corrected chi connectivity index (χ1v) is 12.2. The van der Waals surface area contributed by atoms with Crippen LogP contribution in [0.1, 0.15) is 19.3 Å². The number of methoxy groups -OCH3 is 1. The summed E-state index contributed by atoms with van der Waals surface area (Å²) in [5.74, 6) is -0.948. The van der Waals surface area contributed by atoms with E-state index in [2.05, 4.69) is 10.3 Å². The maximum absolute atomic E-state index is 13.6. The molecular formula is C20H24F2N2O4S2. The van der Waals surface area contributed by atoms with Crippen LogP contribution in [0.4, 0.5) is 13.9 Å². The van der Waals surface area contributed by atoms with Crippen LogP contribution in [0.25, 0.3) is 0 Å². The molecule has 0 saturated heterocycles. The molecule has 1 aromatic rings. The van der Waals surface area contributed by atoms with E-state index < -0.39 is 39.3 Å². The number of hydrogen-bond acceptors (Lipinski definition) is 6. The van der Waals surface area contributed by atoms with E-state index in [9.17, 15) is 22.0 Å². The Labute approximate surface area is 178 Å². The molecule has 1 heterocycles. The van der Waals surface area contributed by atoms with Crippen LogP contribution in [0.15, 0.2) is 47.0 Å². The summed E-state index contributed by atoms with van der Waals surface area (Å²) in [5, 5.41) is 4.11. The van der Waals surface area contributed by atoms with Gasteiger partial charge in [-0.2, -0.15) is 0 Å². The normalized spacial score (nSPS) is 27.2. The highest BCUT2D eigenvalue weighted by atomic mass is 32.2. The van der Waals surface area contributed by atoms with Gasteiger partial charge in [0.2, 0.25) is 0 Å². The maximum Gasteiger partial charge on any atom is 0.257 e. The van der Waals surface area contributed by atoms with E-state index in [0.29, 0.717) is 10.7 Å². The third kappa shape index (κ3) is 5.61. The van der Waals surface area contributed by atoms with Gasteiger partial charge in [-0.15, -0.1) is 11.3 Å². The fraction of sp³-hybridized carbons (Fsp3) is 0.500. The summed E-state index contributed by atoms with van der Waals surface area (Å²) in [6, 6.07) is 0. The Hall–Kier alpha value is -1.91. The van der Waals surface area contributed by atoms with Crippen molar-refractivity contribution >= 4 is 32.2 Å². The molecule has 0 spiro atoms. The highest BCUT2D eigenvalue weighted by molar-refractivity contribution is 7.92. The van der Waals surface area contributed by atoms with Crippen molar-refractivity contribution in [1.29, 1.82) is 0 Å². The van der Waals surface area contributed by atoms with Gasteiger partial charge in [0, 0.05) is 24.3 Å². The van der Waals surface area contributed by atoms with Crippen molar-refractivity contribution in [3.63, 3.8) is 0 Å². The van der Waals surface area contributed by atoms with Crippen molar-refractivity contribution in [2.45, 2.75) is 36.9 Å². The van der Waals surface area contributed by atoms with Crippen molar-refractivity contribution in [3.05, 3.63) is 47.0 Å². The van der Waals surface area contributed by atoms with Crippen LogP contribution in [0.5, 0.6) is 0 Å². The molecule has 1 fully saturated rings. The first-order valence-electron chi connectivity index (χ1n) is 9.60. The van der Waals surface area contributed by atoms with Crippen molar-refractivity contribution in [2.75, 3.05) is 24.8 Å². The number of sulfone groups is 1. The van der Waals surface area contributed by atoms with Gasteiger partial charge in [0.25, 0.3) is 5.91 Å². The predicted molar refractivity (Wildman–Crippen MR) is 113 cm³/mol. The Bertz CT molecular complexity index is 932. The minimum absolute atomic E-state index is 0.0141. The van der Waals surface area contributed by atoms with E-state index in [1.54, 1.807) is 35.9 Å². The molecule has 30 heavy (non-hydrogen) atoms. The van der Waals surface area contributed by atoms with Crippen molar-refractivity contribution < 1.29 is 26.7 Å². The van der Waals surface area contributed by atoms with E-state index in [1.165, 1.54) is 18.4 Å². The molecule has 1 aromatic heterocycles. The molecule has 2 aliphatic rings. The van der Waals surface area contributed by atoms with Crippen LogP contribution >= 0.6 is 11.3 Å². The first-order chi connectivity index (χ1) is 14.3. The average Bonchev–Trinajstić information content (AvgIpc) is 3.34. The Morgan fingerprint density at radius 3 is 2.67 bits per heavy atom. The van der Waals surface area contributed by atoms with Gasteiger partial charge in [-0.1, -0.05) is 24.3 Å². The number of nitrogens with one attached hydrogen (secondary N) is 1. The first kappa shape index (κ1) is 22.8. The molecule has 1 N–H and O–H groups in total. The molecule has 3 rings (SSSR count). The number of ether oxygens (including phenoxy) is 1. The molecular weight excluding hydrogens is 434 g/mol. The van der Waals surface area contributed by atoms with Crippen molar-refractivity contribution in [1.82, 2.24) is 4.98 Å². The number of carbonyl (C=O) groups is 1. The lowest BCUT2D eigenvalue weighted by molar-refractivity contribution is -0.112. The number of nitrogens with zero attached hydrogens (tertiary/aromatic N) is 1. The van der Waals surface area contributed by atoms with Gasteiger partial charge in [-0.05, 0) is 30.8 Å². The van der Waals surface area contributed by atoms with E-state index in [1.807, 2.05) is 0 Å². The number of thiazole rings is 1. The zero-order valence-electron chi connectivity index (χ0n) is 16.5. The van der Waals surface area contributed by atoms with Crippen LogP contribution in [0, 0.1) is 5.92 Å². The standard InChI is InChI=1S/C20H24F2N2O4S2/c1-28-7-9-30(26,27)15-4-2-14(3-5-15)16(10-13-11-17(21)18(22)12-13)19(25)24-20-23-6-8-29-20/h2-4,6,8,10,13,15,17-18H,5,7,9,11-12H2,1H3,(H,23,24,25)/b16-10+/t13?,15?,17-,18+. The molecule has 2 aliphatic carbocycles. The van der Waals surface area contributed by atoms with Gasteiger partial charge in [-0.3, -0.25) is 10.1 Å². The fourth-order valence-electron chi connectivity index (χ4n) is 3.51. The monoisotopic (exact) mass is 458 g/mol. The van der Waals surface area contributed by atoms with E-state index in [4.69, 9.17) is 4.74 Å². The summed E-state index contributed by atoms with van der Waals surface area (Å²) in [6.07, 6.45) is 5.11. The number of halogens is 2. The van der Waals surface area contributed by atoms with Crippen molar-refractivity contribution in [3.8, 4) is 0 Å². The summed E-state index contributed by atoms with van der Waals surface area (Å²) in [6.45, 7) is 0.112. The topological polar surface area (TPSA) is 85.4 Å². The Morgan fingerprint density at radius 2 is 2.10 bits per heavy atom. The average molecular weight is 459 g/mol. The SMILES string of the molecule is COCCS(=O)(=O)C1C=CC(/C(=C\C2C[C@@H](F)[C@@H](F)C2)C(=O)Nc2nccs2)=CC1. The molecule has 0 bridgehead atoms. The maximum atomic E-state index is 13.6. The van der Waals surface area contributed by atoms with Crippen LogP contribution in [0.3, 0.4) is 0 Å². The molecule has 0 radical (unpaired) electrons. The van der Waals surface area contributed by atoms with E-state index in [0.717, 1.165) is 0 Å². The molecule has 1 saturated carbocycles. The van der Waals surface area contributed by atoms with Gasteiger partial charge in [0.05, 0.1) is 17.6 Å². The molecule has 10 heteroatoms. The summed E-state index contributed by atoms with van der Waals surface area (Å²) in [5.41, 5.74) is 0.792. The second-order valence-electron chi connectivity index (χ2n) is 7.29. The number of rotatable bonds is 8. The minimum atomic E-state index is -3.38. The molecule has 2 unspecified atom stereocenters. The zero-order valence-corrected chi connectivity index (χ0v) is 18.1. The molecule has 1 amide bonds. The molecule has 6 nitrogen and oxygen atoms in total. The number of hydrogen-bond donors (Lipinski definition) is 1. The van der Waals surface area contributed by atoms with Crippen LogP contribution in [-0.2, 0) is 19.4 Å². The lowest BCUT2D eigenvalue weighted by Gasteiger charge is -2.19. The minimum Gasteiger partial charge on any atom is -0.384 e. The predicted octanol–water partition coefficient (Wildman–Crippen LogP) is 3.41. The Balaban J connectivity index is 1.80. The Morgan fingerprint density at radius 1 is 1.37 bits per heavy atom. The zero-order chi connectivity index (χ0) is 21.7. The lowest BCUT2D eigenvalue weighted by atomic mass is 9.94.